The molecule has 0 atom stereocenters. The first-order valence-corrected chi connectivity index (χ1v) is 10.8. The van der Waals surface area contributed by atoms with E-state index in [1.807, 2.05) is 13.8 Å². The highest BCUT2D eigenvalue weighted by Crippen LogP contribution is 2.34. The first-order valence-electron chi connectivity index (χ1n) is 8.52. The van der Waals surface area contributed by atoms with Gasteiger partial charge in [-0.3, -0.25) is 24.1 Å². The highest BCUT2D eigenvalue weighted by Gasteiger charge is 2.22. The predicted molar refractivity (Wildman–Crippen MR) is 103 cm³/mol. The molecule has 1 N–H and O–H groups in total. The van der Waals surface area contributed by atoms with Crippen molar-refractivity contribution >= 4 is 45.8 Å². The van der Waals surface area contributed by atoms with E-state index in [4.69, 9.17) is 0 Å². The van der Waals surface area contributed by atoms with E-state index < -0.39 is 0 Å². The number of amides is 3. The van der Waals surface area contributed by atoms with Crippen molar-refractivity contribution in [2.75, 3.05) is 25.4 Å². The highest BCUT2D eigenvalue weighted by atomic mass is 33.1. The number of imide groups is 1. The van der Waals surface area contributed by atoms with Crippen LogP contribution >= 0.6 is 21.6 Å². The standard InChI is InChI=1S/C17H26N2O5S2/c1-17(2,26-25-11-10-24-13-20)12-18-14(21)6-4-3-5-9-19-15(22)7-8-16(19)23/h7-8,13H,3-6,9-12H2,1-2H3,(H,18,21). The molecule has 3 amide bonds. The number of carbonyl (C=O) groups excluding carboxylic acids is 4. The molecule has 1 aliphatic rings. The van der Waals surface area contributed by atoms with Crippen molar-refractivity contribution in [2.45, 2.75) is 44.3 Å². The minimum Gasteiger partial charge on any atom is -0.467 e. The van der Waals surface area contributed by atoms with Gasteiger partial charge in [-0.1, -0.05) is 28.0 Å². The van der Waals surface area contributed by atoms with E-state index in [0.29, 0.717) is 44.8 Å². The van der Waals surface area contributed by atoms with Crippen molar-refractivity contribution in [3.63, 3.8) is 0 Å². The van der Waals surface area contributed by atoms with Crippen molar-refractivity contribution in [1.82, 2.24) is 10.2 Å². The van der Waals surface area contributed by atoms with Crippen molar-refractivity contribution < 1.29 is 23.9 Å². The molecule has 0 aromatic rings. The molecule has 0 aromatic heterocycles. The number of hydrogen-bond acceptors (Lipinski definition) is 7. The second-order valence-corrected chi connectivity index (χ2v) is 9.50. The lowest BCUT2D eigenvalue weighted by Gasteiger charge is -2.23. The molecule has 0 bridgehead atoms. The Bertz CT molecular complexity index is 519. The van der Waals surface area contributed by atoms with E-state index >= 15 is 0 Å². The maximum Gasteiger partial charge on any atom is 0.293 e. The van der Waals surface area contributed by atoms with Crippen molar-refractivity contribution in [3.8, 4) is 0 Å². The smallest absolute Gasteiger partial charge is 0.293 e. The summed E-state index contributed by atoms with van der Waals surface area (Å²) in [6.07, 6.45) is 5.21. The molecule has 0 aromatic carbocycles. The highest BCUT2D eigenvalue weighted by molar-refractivity contribution is 8.77. The summed E-state index contributed by atoms with van der Waals surface area (Å²) in [6.45, 7) is 5.87. The molecule has 1 aliphatic heterocycles. The molecule has 1 heterocycles. The number of rotatable bonds is 14. The third-order valence-corrected chi connectivity index (χ3v) is 6.79. The van der Waals surface area contributed by atoms with Gasteiger partial charge in [0.15, 0.2) is 0 Å². The molecular weight excluding hydrogens is 376 g/mol. The van der Waals surface area contributed by atoms with Crippen LogP contribution in [0, 0.1) is 0 Å². The fourth-order valence-corrected chi connectivity index (χ4v) is 4.43. The molecule has 0 aliphatic carbocycles. The summed E-state index contributed by atoms with van der Waals surface area (Å²) in [4.78, 5) is 46.0. The molecule has 1 rings (SSSR count). The molecule has 0 fully saturated rings. The normalized spacial score (nSPS) is 14.0. The Kier molecular flexibility index (Phi) is 10.4. The zero-order valence-electron chi connectivity index (χ0n) is 15.2. The van der Waals surface area contributed by atoms with Crippen LogP contribution in [0.4, 0.5) is 0 Å². The van der Waals surface area contributed by atoms with Gasteiger partial charge in [-0.05, 0) is 26.7 Å². The average molecular weight is 403 g/mol. The summed E-state index contributed by atoms with van der Waals surface area (Å²) in [7, 11) is 3.25. The number of ether oxygens (including phenoxy) is 1. The van der Waals surface area contributed by atoms with Gasteiger partial charge in [-0.25, -0.2) is 0 Å². The van der Waals surface area contributed by atoms with Gasteiger partial charge < -0.3 is 10.1 Å². The first-order chi connectivity index (χ1) is 12.4. The van der Waals surface area contributed by atoms with E-state index in [-0.39, 0.29) is 22.5 Å². The molecule has 0 saturated heterocycles. The minimum absolute atomic E-state index is 0.00274. The van der Waals surface area contributed by atoms with Crippen molar-refractivity contribution in [3.05, 3.63) is 12.2 Å². The number of unbranched alkanes of at least 4 members (excludes halogenated alkanes) is 2. The monoisotopic (exact) mass is 402 g/mol. The third-order valence-electron chi connectivity index (χ3n) is 3.53. The van der Waals surface area contributed by atoms with E-state index in [0.717, 1.165) is 12.8 Å². The second kappa shape index (κ2) is 12.0. The molecule has 146 valence electrons. The second-order valence-electron chi connectivity index (χ2n) is 6.38. The molecule has 0 unspecified atom stereocenters. The van der Waals surface area contributed by atoms with Gasteiger partial charge >= 0.3 is 0 Å². The van der Waals surface area contributed by atoms with Crippen LogP contribution in [0.5, 0.6) is 0 Å². The Balaban J connectivity index is 2.06. The summed E-state index contributed by atoms with van der Waals surface area (Å²) in [5.74, 6) is 0.187. The van der Waals surface area contributed by atoms with E-state index in [2.05, 4.69) is 10.1 Å². The molecule has 0 radical (unpaired) electrons. The predicted octanol–water partition coefficient (Wildman–Crippen LogP) is 1.92. The minimum atomic E-state index is -0.261. The van der Waals surface area contributed by atoms with Crippen LogP contribution in [0.2, 0.25) is 0 Å². The lowest BCUT2D eigenvalue weighted by Crippen LogP contribution is -2.35. The van der Waals surface area contributed by atoms with Crippen LogP contribution in [0.3, 0.4) is 0 Å². The maximum atomic E-state index is 11.9. The fourth-order valence-electron chi connectivity index (χ4n) is 2.14. The van der Waals surface area contributed by atoms with Crippen LogP contribution in [-0.4, -0.2) is 59.3 Å². The Morgan fingerprint density at radius 1 is 1.23 bits per heavy atom. The summed E-state index contributed by atoms with van der Waals surface area (Å²) < 4.78 is 4.51. The summed E-state index contributed by atoms with van der Waals surface area (Å²) in [6, 6.07) is 0. The quantitative estimate of drug-likeness (QED) is 0.205. The van der Waals surface area contributed by atoms with Crippen LogP contribution in [0.25, 0.3) is 0 Å². The molecule has 9 heteroatoms. The zero-order valence-corrected chi connectivity index (χ0v) is 16.8. The fraction of sp³-hybridized carbons (Fsp3) is 0.647. The Hall–Kier alpha value is -1.48. The molecule has 7 nitrogen and oxygen atoms in total. The Morgan fingerprint density at radius 3 is 2.58 bits per heavy atom. The van der Waals surface area contributed by atoms with E-state index in [1.54, 1.807) is 21.6 Å². The van der Waals surface area contributed by atoms with Crippen LogP contribution in [0.1, 0.15) is 39.5 Å². The summed E-state index contributed by atoms with van der Waals surface area (Å²) >= 11 is 0. The molecule has 0 saturated carbocycles. The van der Waals surface area contributed by atoms with Gasteiger partial charge in [0.05, 0.1) is 0 Å². The summed E-state index contributed by atoms with van der Waals surface area (Å²) in [5.41, 5.74) is 0. The Morgan fingerprint density at radius 2 is 1.92 bits per heavy atom. The van der Waals surface area contributed by atoms with Gasteiger partial charge in [0.1, 0.15) is 6.61 Å². The van der Waals surface area contributed by atoms with Crippen molar-refractivity contribution in [1.29, 1.82) is 0 Å². The topological polar surface area (TPSA) is 92.8 Å². The lowest BCUT2D eigenvalue weighted by molar-refractivity contribution is -0.137. The van der Waals surface area contributed by atoms with Crippen LogP contribution < -0.4 is 5.32 Å². The SMILES string of the molecule is CC(C)(CNC(=O)CCCCCN1C(=O)C=CC1=O)SSCCOC=O. The van der Waals surface area contributed by atoms with Crippen LogP contribution in [-0.2, 0) is 23.9 Å². The average Bonchev–Trinajstić information content (AvgIpc) is 2.91. The number of carbonyl (C=O) groups is 4. The molecule has 26 heavy (non-hydrogen) atoms. The van der Waals surface area contributed by atoms with Gasteiger partial charge in [0, 0.05) is 42.2 Å². The number of hydrogen-bond donors (Lipinski definition) is 1. The first kappa shape index (κ1) is 22.6. The lowest BCUT2D eigenvalue weighted by atomic mass is 10.1. The number of nitrogens with one attached hydrogen (secondary N) is 1. The van der Waals surface area contributed by atoms with Gasteiger partial charge in [0.25, 0.3) is 18.3 Å². The van der Waals surface area contributed by atoms with E-state index in [1.165, 1.54) is 17.1 Å². The maximum absolute atomic E-state index is 11.9. The Labute approximate surface area is 162 Å². The van der Waals surface area contributed by atoms with Gasteiger partial charge in [0.2, 0.25) is 5.91 Å². The largest absolute Gasteiger partial charge is 0.467 e. The zero-order chi connectivity index (χ0) is 19.4. The molecule has 0 spiro atoms. The third kappa shape index (κ3) is 9.28. The summed E-state index contributed by atoms with van der Waals surface area (Å²) in [5, 5.41) is 2.93. The number of nitrogens with zero attached hydrogens (tertiary/aromatic N) is 1. The van der Waals surface area contributed by atoms with Crippen molar-refractivity contribution in [2.24, 2.45) is 0 Å². The van der Waals surface area contributed by atoms with E-state index in [9.17, 15) is 19.2 Å². The van der Waals surface area contributed by atoms with Crippen LogP contribution in [0.15, 0.2) is 12.2 Å². The van der Waals surface area contributed by atoms with Gasteiger partial charge in [-0.2, -0.15) is 0 Å². The van der Waals surface area contributed by atoms with Gasteiger partial charge in [-0.15, -0.1) is 0 Å². The molecular formula is C17H26N2O5S2.